The summed E-state index contributed by atoms with van der Waals surface area (Å²) in [6.45, 7) is 3.25. The SMILES string of the molecule is CC(=O)Nc1nc2ccc(NC(=O)c3sc(-c4ccc(Cl)cc4)nc3C)cc2s1. The summed E-state index contributed by atoms with van der Waals surface area (Å²) in [7, 11) is 0. The van der Waals surface area contributed by atoms with Crippen LogP contribution in [0.15, 0.2) is 42.5 Å². The van der Waals surface area contributed by atoms with Gasteiger partial charge in [-0.05, 0) is 37.3 Å². The Morgan fingerprint density at radius 1 is 1.00 bits per heavy atom. The molecule has 9 heteroatoms. The fourth-order valence-electron chi connectivity index (χ4n) is 2.72. The first kappa shape index (κ1) is 19.5. The van der Waals surface area contributed by atoms with Crippen LogP contribution in [-0.4, -0.2) is 21.8 Å². The molecule has 29 heavy (non-hydrogen) atoms. The largest absolute Gasteiger partial charge is 0.321 e. The highest BCUT2D eigenvalue weighted by molar-refractivity contribution is 7.22. The molecular formula is C20H15ClN4O2S2. The monoisotopic (exact) mass is 442 g/mol. The van der Waals surface area contributed by atoms with Gasteiger partial charge in [0.25, 0.3) is 5.91 Å². The molecular weight excluding hydrogens is 428 g/mol. The van der Waals surface area contributed by atoms with Crippen molar-refractivity contribution in [3.63, 3.8) is 0 Å². The van der Waals surface area contributed by atoms with Crippen LogP contribution in [0.2, 0.25) is 5.02 Å². The van der Waals surface area contributed by atoms with E-state index in [1.807, 2.05) is 31.2 Å². The third-order valence-corrected chi connectivity index (χ3v) is 6.41. The number of benzene rings is 2. The highest BCUT2D eigenvalue weighted by Gasteiger charge is 2.17. The number of nitrogens with one attached hydrogen (secondary N) is 2. The van der Waals surface area contributed by atoms with Crippen LogP contribution in [0.4, 0.5) is 10.8 Å². The molecule has 0 aliphatic rings. The Balaban J connectivity index is 1.56. The molecule has 0 unspecified atom stereocenters. The first-order valence-electron chi connectivity index (χ1n) is 8.62. The molecule has 0 bridgehead atoms. The van der Waals surface area contributed by atoms with E-state index in [0.717, 1.165) is 20.8 Å². The Morgan fingerprint density at radius 2 is 1.76 bits per heavy atom. The average Bonchev–Trinajstić information content (AvgIpc) is 3.24. The van der Waals surface area contributed by atoms with Crippen molar-refractivity contribution >= 4 is 67.1 Å². The molecule has 2 heterocycles. The minimum absolute atomic E-state index is 0.172. The summed E-state index contributed by atoms with van der Waals surface area (Å²) in [4.78, 5) is 33.4. The topological polar surface area (TPSA) is 84.0 Å². The van der Waals surface area contributed by atoms with E-state index in [-0.39, 0.29) is 11.8 Å². The number of anilines is 2. The quantitative estimate of drug-likeness (QED) is 0.431. The van der Waals surface area contributed by atoms with Crippen molar-refractivity contribution in [2.24, 2.45) is 0 Å². The highest BCUT2D eigenvalue weighted by atomic mass is 35.5. The zero-order valence-corrected chi connectivity index (χ0v) is 17.8. The van der Waals surface area contributed by atoms with Crippen LogP contribution in [0.5, 0.6) is 0 Å². The first-order valence-corrected chi connectivity index (χ1v) is 10.6. The fourth-order valence-corrected chi connectivity index (χ4v) is 4.76. The van der Waals surface area contributed by atoms with Crippen molar-refractivity contribution in [3.05, 3.63) is 58.1 Å². The zero-order chi connectivity index (χ0) is 20.5. The molecule has 2 aromatic carbocycles. The summed E-state index contributed by atoms with van der Waals surface area (Å²) in [5, 5.41) is 7.54. The van der Waals surface area contributed by atoms with Gasteiger partial charge < -0.3 is 10.6 Å². The molecule has 0 radical (unpaired) electrons. The third kappa shape index (κ3) is 4.29. The van der Waals surface area contributed by atoms with E-state index in [1.54, 1.807) is 18.2 Å². The molecule has 4 rings (SSSR count). The molecule has 0 spiro atoms. The van der Waals surface area contributed by atoms with Crippen LogP contribution in [0.3, 0.4) is 0 Å². The zero-order valence-electron chi connectivity index (χ0n) is 15.4. The molecule has 2 N–H and O–H groups in total. The number of hydrogen-bond donors (Lipinski definition) is 2. The van der Waals surface area contributed by atoms with Gasteiger partial charge in [-0.1, -0.05) is 35.1 Å². The molecule has 0 aliphatic heterocycles. The standard InChI is InChI=1S/C20H15ClN4O2S2/c1-10-17(29-19(22-10)12-3-5-13(21)6-4-12)18(27)24-14-7-8-15-16(9-14)28-20(25-15)23-11(2)26/h3-9H,1-2H3,(H,24,27)(H,23,25,26). The van der Waals surface area contributed by atoms with Gasteiger partial charge in [-0.25, -0.2) is 9.97 Å². The van der Waals surface area contributed by atoms with Gasteiger partial charge in [-0.3, -0.25) is 9.59 Å². The Kier molecular flexibility index (Phi) is 5.31. The van der Waals surface area contributed by atoms with Crippen LogP contribution >= 0.6 is 34.3 Å². The Hall–Kier alpha value is -2.81. The Morgan fingerprint density at radius 3 is 2.48 bits per heavy atom. The van der Waals surface area contributed by atoms with E-state index in [2.05, 4.69) is 20.6 Å². The van der Waals surface area contributed by atoms with Gasteiger partial charge in [0.2, 0.25) is 5.91 Å². The van der Waals surface area contributed by atoms with Crippen molar-refractivity contribution in [2.75, 3.05) is 10.6 Å². The van der Waals surface area contributed by atoms with Crippen LogP contribution < -0.4 is 10.6 Å². The van der Waals surface area contributed by atoms with E-state index >= 15 is 0 Å². The van der Waals surface area contributed by atoms with Crippen molar-refractivity contribution in [3.8, 4) is 10.6 Å². The van der Waals surface area contributed by atoms with Gasteiger partial charge in [-0.15, -0.1) is 11.3 Å². The molecule has 0 saturated heterocycles. The minimum atomic E-state index is -0.217. The maximum atomic E-state index is 12.8. The van der Waals surface area contributed by atoms with E-state index in [1.165, 1.54) is 29.6 Å². The lowest BCUT2D eigenvalue weighted by atomic mass is 10.2. The van der Waals surface area contributed by atoms with Crippen LogP contribution in [0, 0.1) is 6.92 Å². The Bertz CT molecular complexity index is 1230. The average molecular weight is 443 g/mol. The van der Waals surface area contributed by atoms with Gasteiger partial charge in [-0.2, -0.15) is 0 Å². The number of thiazole rings is 2. The van der Waals surface area contributed by atoms with Crippen molar-refractivity contribution < 1.29 is 9.59 Å². The summed E-state index contributed by atoms with van der Waals surface area (Å²) in [5.74, 6) is -0.388. The maximum absolute atomic E-state index is 12.8. The van der Waals surface area contributed by atoms with Crippen LogP contribution in [0.25, 0.3) is 20.8 Å². The number of rotatable bonds is 4. The molecule has 146 valence electrons. The summed E-state index contributed by atoms with van der Waals surface area (Å²) in [6.07, 6.45) is 0. The number of aromatic nitrogens is 2. The molecule has 2 amide bonds. The van der Waals surface area contributed by atoms with Gasteiger partial charge in [0.05, 0.1) is 15.9 Å². The van der Waals surface area contributed by atoms with Crippen LogP contribution in [-0.2, 0) is 4.79 Å². The predicted octanol–water partition coefficient (Wildman–Crippen LogP) is 5.59. The van der Waals surface area contributed by atoms with E-state index in [0.29, 0.717) is 26.4 Å². The minimum Gasteiger partial charge on any atom is -0.321 e. The lowest BCUT2D eigenvalue weighted by Gasteiger charge is -2.03. The van der Waals surface area contributed by atoms with E-state index in [4.69, 9.17) is 11.6 Å². The highest BCUT2D eigenvalue weighted by Crippen LogP contribution is 2.31. The van der Waals surface area contributed by atoms with Crippen LogP contribution in [0.1, 0.15) is 22.3 Å². The van der Waals surface area contributed by atoms with E-state index < -0.39 is 0 Å². The molecule has 2 aromatic heterocycles. The summed E-state index contributed by atoms with van der Waals surface area (Å²) in [5.41, 5.74) is 3.00. The summed E-state index contributed by atoms with van der Waals surface area (Å²) < 4.78 is 0.870. The predicted molar refractivity (Wildman–Crippen MR) is 119 cm³/mol. The number of nitrogens with zero attached hydrogens (tertiary/aromatic N) is 2. The smallest absolute Gasteiger partial charge is 0.267 e. The second-order valence-electron chi connectivity index (χ2n) is 6.28. The fraction of sp³-hybridized carbons (Fsp3) is 0.100. The number of hydrogen-bond acceptors (Lipinski definition) is 6. The summed E-state index contributed by atoms with van der Waals surface area (Å²) in [6, 6.07) is 12.8. The molecule has 0 fully saturated rings. The van der Waals surface area contributed by atoms with Gasteiger partial charge in [0, 0.05) is 23.2 Å². The number of carbonyl (C=O) groups is 2. The summed E-state index contributed by atoms with van der Waals surface area (Å²) >= 11 is 8.63. The second-order valence-corrected chi connectivity index (χ2v) is 8.74. The Labute approximate surface area is 179 Å². The van der Waals surface area contributed by atoms with Gasteiger partial charge >= 0.3 is 0 Å². The van der Waals surface area contributed by atoms with Crippen molar-refractivity contribution in [1.82, 2.24) is 9.97 Å². The number of amides is 2. The first-order chi connectivity index (χ1) is 13.9. The maximum Gasteiger partial charge on any atom is 0.267 e. The number of aryl methyl sites for hydroxylation is 1. The van der Waals surface area contributed by atoms with Gasteiger partial charge in [0.1, 0.15) is 9.88 Å². The molecule has 4 aromatic rings. The third-order valence-electron chi connectivity index (χ3n) is 4.02. The van der Waals surface area contributed by atoms with E-state index in [9.17, 15) is 9.59 Å². The number of halogens is 1. The van der Waals surface area contributed by atoms with Crippen molar-refractivity contribution in [2.45, 2.75) is 13.8 Å². The second kappa shape index (κ2) is 7.90. The molecule has 0 saturated carbocycles. The lowest BCUT2D eigenvalue weighted by molar-refractivity contribution is -0.114. The number of carbonyl (C=O) groups excluding carboxylic acids is 2. The number of fused-ring (bicyclic) bond motifs is 1. The van der Waals surface area contributed by atoms with Crippen molar-refractivity contribution in [1.29, 1.82) is 0 Å². The molecule has 0 atom stereocenters. The normalized spacial score (nSPS) is 10.9. The molecule has 0 aliphatic carbocycles. The van der Waals surface area contributed by atoms with Gasteiger partial charge in [0.15, 0.2) is 5.13 Å². The lowest BCUT2D eigenvalue weighted by Crippen LogP contribution is -2.11. The molecule has 6 nitrogen and oxygen atoms in total.